The molecule has 16 heavy (non-hydrogen) atoms. The van der Waals surface area contributed by atoms with E-state index in [0.717, 1.165) is 10.9 Å². The first kappa shape index (κ1) is 12.5. The molecule has 0 saturated carbocycles. The van der Waals surface area contributed by atoms with Gasteiger partial charge in [0.1, 0.15) is 11.3 Å². The van der Waals surface area contributed by atoms with E-state index in [-0.39, 0.29) is 24.7 Å². The summed E-state index contributed by atoms with van der Waals surface area (Å²) in [6, 6.07) is 4.44. The Bertz CT molecular complexity index is 577. The summed E-state index contributed by atoms with van der Waals surface area (Å²) in [6.07, 6.45) is 0. The summed E-state index contributed by atoms with van der Waals surface area (Å²) in [4.78, 5) is 11.1. The second kappa shape index (κ2) is 4.55. The van der Waals surface area contributed by atoms with Crippen LogP contribution in [0.4, 0.5) is 0 Å². The fourth-order valence-corrected chi connectivity index (χ4v) is 1.73. The molecule has 2 aromatic rings. The second-order valence-electron chi connectivity index (χ2n) is 3.39. The van der Waals surface area contributed by atoms with Gasteiger partial charge >= 0.3 is 5.63 Å². The van der Waals surface area contributed by atoms with Crippen LogP contribution in [-0.4, -0.2) is 5.11 Å². The summed E-state index contributed by atoms with van der Waals surface area (Å²) < 4.78 is 5.02. The highest BCUT2D eigenvalue weighted by atomic mass is 35.5. The predicted octanol–water partition coefficient (Wildman–Crippen LogP) is 1.69. The fourth-order valence-electron chi connectivity index (χ4n) is 1.73. The zero-order valence-corrected chi connectivity index (χ0v) is 9.50. The number of aryl methyl sites for hydroxylation is 1. The van der Waals surface area contributed by atoms with Crippen molar-refractivity contribution >= 4 is 23.4 Å². The van der Waals surface area contributed by atoms with E-state index in [1.54, 1.807) is 13.0 Å². The first-order chi connectivity index (χ1) is 7.13. The molecule has 0 aliphatic rings. The van der Waals surface area contributed by atoms with E-state index in [1.807, 2.05) is 0 Å². The van der Waals surface area contributed by atoms with Crippen LogP contribution in [0.25, 0.3) is 11.0 Å². The van der Waals surface area contributed by atoms with Crippen molar-refractivity contribution < 1.29 is 9.52 Å². The van der Waals surface area contributed by atoms with Crippen molar-refractivity contribution in [3.63, 3.8) is 0 Å². The maximum Gasteiger partial charge on any atom is 0.336 e. The Balaban J connectivity index is 0.00000128. The predicted molar refractivity (Wildman–Crippen MR) is 64.0 cm³/mol. The molecule has 1 heterocycles. The van der Waals surface area contributed by atoms with E-state index in [4.69, 9.17) is 10.2 Å². The van der Waals surface area contributed by atoms with Crippen molar-refractivity contribution in [3.05, 3.63) is 39.7 Å². The molecule has 0 unspecified atom stereocenters. The molecular weight excluding hydrogens is 230 g/mol. The number of halogens is 1. The molecule has 3 N–H and O–H groups in total. The number of rotatable bonds is 1. The number of aromatic hydroxyl groups is 1. The molecule has 0 saturated heterocycles. The quantitative estimate of drug-likeness (QED) is 0.745. The van der Waals surface area contributed by atoms with Gasteiger partial charge in [-0.3, -0.25) is 0 Å². The van der Waals surface area contributed by atoms with Crippen molar-refractivity contribution in [1.82, 2.24) is 0 Å². The Morgan fingerprint density at radius 3 is 2.75 bits per heavy atom. The monoisotopic (exact) mass is 241 g/mol. The lowest BCUT2D eigenvalue weighted by atomic mass is 10.0. The first-order valence-electron chi connectivity index (χ1n) is 4.59. The van der Waals surface area contributed by atoms with Crippen LogP contribution in [0, 0.1) is 6.92 Å². The van der Waals surface area contributed by atoms with Crippen LogP contribution in [0.1, 0.15) is 11.1 Å². The van der Waals surface area contributed by atoms with Crippen LogP contribution < -0.4 is 11.4 Å². The number of hydrogen-bond donors (Lipinski definition) is 2. The van der Waals surface area contributed by atoms with Crippen LogP contribution in [-0.2, 0) is 6.54 Å². The minimum absolute atomic E-state index is 0. The molecule has 0 fully saturated rings. The third kappa shape index (κ3) is 1.89. The molecule has 2 rings (SSSR count). The molecule has 1 aromatic heterocycles. The highest BCUT2D eigenvalue weighted by Gasteiger charge is 2.10. The molecule has 0 bridgehead atoms. The maximum absolute atomic E-state index is 11.1. The van der Waals surface area contributed by atoms with Crippen molar-refractivity contribution in [2.45, 2.75) is 13.5 Å². The molecule has 0 amide bonds. The Morgan fingerprint density at radius 2 is 2.12 bits per heavy atom. The van der Waals surface area contributed by atoms with Gasteiger partial charge in [-0.05, 0) is 24.6 Å². The zero-order valence-electron chi connectivity index (χ0n) is 8.69. The fraction of sp³-hybridized carbons (Fsp3) is 0.182. The van der Waals surface area contributed by atoms with Crippen LogP contribution in [0.3, 0.4) is 0 Å². The SMILES string of the molecule is Cc1cc(=O)oc2ccc(O)c(CN)c12.Cl. The standard InChI is InChI=1S/C11H11NO3.ClH/c1-6-4-10(14)15-9-3-2-8(13)7(5-12)11(6)9;/h2-4,13H,5,12H2,1H3;1H. The number of phenolic OH excluding ortho intramolecular Hbond substituents is 1. The Kier molecular flexibility index (Phi) is 3.57. The zero-order chi connectivity index (χ0) is 11.0. The molecule has 86 valence electrons. The lowest BCUT2D eigenvalue weighted by Crippen LogP contribution is -2.03. The van der Waals surface area contributed by atoms with E-state index in [0.29, 0.717) is 11.1 Å². The first-order valence-corrected chi connectivity index (χ1v) is 4.59. The summed E-state index contributed by atoms with van der Waals surface area (Å²) >= 11 is 0. The lowest BCUT2D eigenvalue weighted by Gasteiger charge is -2.07. The molecule has 0 aliphatic carbocycles. The van der Waals surface area contributed by atoms with Crippen LogP contribution in [0.2, 0.25) is 0 Å². The molecular formula is C11H12ClNO3. The van der Waals surface area contributed by atoms with Crippen LogP contribution in [0.15, 0.2) is 27.4 Å². The highest BCUT2D eigenvalue weighted by Crippen LogP contribution is 2.27. The van der Waals surface area contributed by atoms with Gasteiger partial charge in [0.05, 0.1) is 0 Å². The lowest BCUT2D eigenvalue weighted by molar-refractivity contribution is 0.468. The van der Waals surface area contributed by atoms with Gasteiger partial charge in [-0.1, -0.05) is 0 Å². The van der Waals surface area contributed by atoms with Gasteiger partial charge in [0.25, 0.3) is 0 Å². The normalized spacial score (nSPS) is 10.1. The third-order valence-corrected chi connectivity index (χ3v) is 2.39. The van der Waals surface area contributed by atoms with Crippen molar-refractivity contribution in [3.8, 4) is 5.75 Å². The van der Waals surface area contributed by atoms with Gasteiger partial charge in [-0.2, -0.15) is 0 Å². The Morgan fingerprint density at radius 1 is 1.44 bits per heavy atom. The van der Waals surface area contributed by atoms with E-state index in [2.05, 4.69) is 0 Å². The molecule has 0 aliphatic heterocycles. The molecule has 0 spiro atoms. The summed E-state index contributed by atoms with van der Waals surface area (Å²) in [5, 5.41) is 10.3. The summed E-state index contributed by atoms with van der Waals surface area (Å²) in [7, 11) is 0. The Hall–Kier alpha value is -1.52. The minimum Gasteiger partial charge on any atom is -0.508 e. The number of nitrogens with two attached hydrogens (primary N) is 1. The van der Waals surface area contributed by atoms with Gasteiger partial charge in [0.15, 0.2) is 0 Å². The second-order valence-corrected chi connectivity index (χ2v) is 3.39. The van der Waals surface area contributed by atoms with Crippen molar-refractivity contribution in [1.29, 1.82) is 0 Å². The van der Waals surface area contributed by atoms with Crippen LogP contribution in [0.5, 0.6) is 5.75 Å². The van der Waals surface area contributed by atoms with Gasteiger partial charge < -0.3 is 15.3 Å². The van der Waals surface area contributed by atoms with E-state index < -0.39 is 5.63 Å². The van der Waals surface area contributed by atoms with Gasteiger partial charge in [0, 0.05) is 23.6 Å². The highest BCUT2D eigenvalue weighted by molar-refractivity contribution is 5.86. The van der Waals surface area contributed by atoms with Crippen molar-refractivity contribution in [2.24, 2.45) is 5.73 Å². The molecule has 0 radical (unpaired) electrons. The van der Waals surface area contributed by atoms with Gasteiger partial charge in [-0.25, -0.2) is 4.79 Å². The smallest absolute Gasteiger partial charge is 0.336 e. The number of fused-ring (bicyclic) bond motifs is 1. The minimum atomic E-state index is -0.395. The number of phenols is 1. The third-order valence-electron chi connectivity index (χ3n) is 2.39. The summed E-state index contributed by atoms with van der Waals surface area (Å²) in [6.45, 7) is 2.00. The molecule has 0 atom stereocenters. The average molecular weight is 242 g/mol. The summed E-state index contributed by atoms with van der Waals surface area (Å²) in [5.74, 6) is 0.127. The average Bonchev–Trinajstić information content (AvgIpc) is 2.18. The maximum atomic E-state index is 11.1. The molecule has 4 nitrogen and oxygen atoms in total. The van der Waals surface area contributed by atoms with E-state index >= 15 is 0 Å². The topological polar surface area (TPSA) is 76.5 Å². The van der Waals surface area contributed by atoms with Gasteiger partial charge in [-0.15, -0.1) is 12.4 Å². The summed E-state index contributed by atoms with van der Waals surface area (Å²) in [5.41, 5.74) is 6.97. The number of hydrogen-bond acceptors (Lipinski definition) is 4. The number of benzene rings is 1. The largest absolute Gasteiger partial charge is 0.508 e. The van der Waals surface area contributed by atoms with Crippen molar-refractivity contribution in [2.75, 3.05) is 0 Å². The van der Waals surface area contributed by atoms with E-state index in [1.165, 1.54) is 12.1 Å². The Labute approximate surface area is 98.1 Å². The van der Waals surface area contributed by atoms with E-state index in [9.17, 15) is 9.90 Å². The molecule has 1 aromatic carbocycles. The van der Waals surface area contributed by atoms with Gasteiger partial charge in [0.2, 0.25) is 0 Å². The molecule has 5 heteroatoms. The van der Waals surface area contributed by atoms with Crippen LogP contribution >= 0.6 is 12.4 Å².